The van der Waals surface area contributed by atoms with Gasteiger partial charge in [0.1, 0.15) is 18.7 Å². The van der Waals surface area contributed by atoms with Crippen LogP contribution in [-0.2, 0) is 30.5 Å². The smallest absolute Gasteiger partial charge is 0.337 e. The Balaban J connectivity index is 1.81. The maximum Gasteiger partial charge on any atom is 0.337 e. The fourth-order valence-corrected chi connectivity index (χ4v) is 2.79. The largest absolute Gasteiger partial charge is 0.471 e. The molecule has 124 valence electrons. The average molecular weight is 327 g/mol. The summed E-state index contributed by atoms with van der Waals surface area (Å²) in [7, 11) is 0. The van der Waals surface area contributed by atoms with Crippen LogP contribution in [0.25, 0.3) is 0 Å². The van der Waals surface area contributed by atoms with Gasteiger partial charge in [-0.15, -0.1) is 6.58 Å². The molecule has 2 aliphatic heterocycles. The van der Waals surface area contributed by atoms with E-state index in [-0.39, 0.29) is 31.1 Å². The van der Waals surface area contributed by atoms with Crippen LogP contribution in [0, 0.1) is 0 Å². The Labute approximate surface area is 139 Å². The number of hydrogen-bond acceptors (Lipinski definition) is 5. The quantitative estimate of drug-likeness (QED) is 0.261. The topological polar surface area (TPSA) is 72.9 Å². The van der Waals surface area contributed by atoms with Crippen molar-refractivity contribution in [2.75, 3.05) is 0 Å². The molecular formula is C18H17NO5. The first kappa shape index (κ1) is 16.0. The molecule has 0 radical (unpaired) electrons. The lowest BCUT2D eigenvalue weighted by atomic mass is 10.0. The number of rotatable bonds is 6. The Hall–Kier alpha value is -2.89. The van der Waals surface area contributed by atoms with Gasteiger partial charge in [-0.1, -0.05) is 36.4 Å². The molecule has 0 aromatic heterocycles. The van der Waals surface area contributed by atoms with E-state index in [0.29, 0.717) is 11.9 Å². The third-order valence-electron chi connectivity index (χ3n) is 4.01. The molecule has 3 rings (SSSR count). The number of ether oxygens (including phenoxy) is 2. The predicted molar refractivity (Wildman–Crippen MR) is 84.3 cm³/mol. The molecule has 6 nitrogen and oxygen atoms in total. The van der Waals surface area contributed by atoms with E-state index in [1.807, 2.05) is 30.3 Å². The molecule has 24 heavy (non-hydrogen) atoms. The van der Waals surface area contributed by atoms with E-state index in [1.54, 1.807) is 6.08 Å². The van der Waals surface area contributed by atoms with E-state index in [0.717, 1.165) is 5.56 Å². The minimum absolute atomic E-state index is 0.0913. The number of esters is 1. The standard InChI is InChI=1S/C18H17NO5/c1-2-6-13(10-20)17-16(19-14(21)9-15(19)24-17)18(22)23-11-12-7-4-3-5-8-12/h2-5,7-8,10,15-16H,1,6,9,11H2/b17-13+/t15-,16?/m1/s1. The van der Waals surface area contributed by atoms with Gasteiger partial charge in [0.2, 0.25) is 5.91 Å². The van der Waals surface area contributed by atoms with Gasteiger partial charge in [0, 0.05) is 5.57 Å². The Morgan fingerprint density at radius 2 is 2.12 bits per heavy atom. The highest BCUT2D eigenvalue weighted by Gasteiger charge is 2.55. The zero-order valence-corrected chi connectivity index (χ0v) is 13.0. The minimum atomic E-state index is -1.000. The van der Waals surface area contributed by atoms with Gasteiger partial charge in [0.05, 0.1) is 6.42 Å². The summed E-state index contributed by atoms with van der Waals surface area (Å²) in [6.45, 7) is 3.68. The number of carbonyl (C=O) groups is 3. The maximum absolute atomic E-state index is 12.5. The van der Waals surface area contributed by atoms with Crippen molar-refractivity contribution in [1.82, 2.24) is 4.90 Å². The number of amides is 1. The highest BCUT2D eigenvalue weighted by atomic mass is 16.6. The second-order valence-corrected chi connectivity index (χ2v) is 5.57. The van der Waals surface area contributed by atoms with Crippen LogP contribution in [0.3, 0.4) is 0 Å². The second kappa shape index (κ2) is 6.70. The number of carbonyl (C=O) groups excluding carboxylic acids is 3. The molecule has 2 atom stereocenters. The SMILES string of the molecule is C=CC/C(C=O)=C1\O[C@@H]2CC(=O)N2C1C(=O)OCc1ccccc1. The lowest BCUT2D eigenvalue weighted by Gasteiger charge is -2.33. The number of benzene rings is 1. The highest BCUT2D eigenvalue weighted by Crippen LogP contribution is 2.38. The predicted octanol–water partition coefficient (Wildman–Crippen LogP) is 1.72. The van der Waals surface area contributed by atoms with Crippen LogP contribution in [0.5, 0.6) is 0 Å². The third-order valence-corrected chi connectivity index (χ3v) is 4.01. The summed E-state index contributed by atoms with van der Waals surface area (Å²) < 4.78 is 11.0. The molecule has 0 bridgehead atoms. The van der Waals surface area contributed by atoms with E-state index >= 15 is 0 Å². The van der Waals surface area contributed by atoms with Crippen molar-refractivity contribution in [2.45, 2.75) is 31.7 Å². The molecule has 1 amide bonds. The summed E-state index contributed by atoms with van der Waals surface area (Å²) in [6.07, 6.45) is 2.14. The van der Waals surface area contributed by atoms with Gasteiger partial charge in [-0.2, -0.15) is 0 Å². The molecule has 0 N–H and O–H groups in total. The first-order valence-corrected chi connectivity index (χ1v) is 7.63. The van der Waals surface area contributed by atoms with Gasteiger partial charge < -0.3 is 9.47 Å². The lowest BCUT2D eigenvalue weighted by Crippen LogP contribution is -2.55. The molecule has 0 saturated carbocycles. The minimum Gasteiger partial charge on any atom is -0.471 e. The van der Waals surface area contributed by atoms with Crippen molar-refractivity contribution in [2.24, 2.45) is 0 Å². The molecular weight excluding hydrogens is 310 g/mol. The molecule has 6 heteroatoms. The van der Waals surface area contributed by atoms with Crippen molar-refractivity contribution in [1.29, 1.82) is 0 Å². The number of allylic oxidation sites excluding steroid dienone is 2. The van der Waals surface area contributed by atoms with Crippen molar-refractivity contribution in [3.63, 3.8) is 0 Å². The van der Waals surface area contributed by atoms with Crippen molar-refractivity contribution in [3.8, 4) is 0 Å². The van der Waals surface area contributed by atoms with Gasteiger partial charge in [-0.3, -0.25) is 14.5 Å². The summed E-state index contributed by atoms with van der Waals surface area (Å²) >= 11 is 0. The van der Waals surface area contributed by atoms with Crippen LogP contribution in [0.1, 0.15) is 18.4 Å². The molecule has 2 aliphatic rings. The van der Waals surface area contributed by atoms with Gasteiger partial charge in [0.15, 0.2) is 12.3 Å². The average Bonchev–Trinajstić information content (AvgIpc) is 2.91. The molecule has 1 aromatic rings. The normalized spacial score (nSPS) is 23.7. The highest BCUT2D eigenvalue weighted by molar-refractivity contribution is 5.93. The molecule has 1 unspecified atom stereocenters. The Kier molecular flexibility index (Phi) is 4.46. The summed E-state index contributed by atoms with van der Waals surface area (Å²) in [5.41, 5.74) is 1.14. The van der Waals surface area contributed by atoms with Crippen LogP contribution < -0.4 is 0 Å². The summed E-state index contributed by atoms with van der Waals surface area (Å²) in [4.78, 5) is 37.0. The Morgan fingerprint density at radius 1 is 1.38 bits per heavy atom. The van der Waals surface area contributed by atoms with Crippen LogP contribution in [0.4, 0.5) is 0 Å². The first-order chi connectivity index (χ1) is 11.7. The van der Waals surface area contributed by atoms with Crippen molar-refractivity contribution >= 4 is 18.2 Å². The number of hydrogen-bond donors (Lipinski definition) is 0. The van der Waals surface area contributed by atoms with E-state index < -0.39 is 18.2 Å². The van der Waals surface area contributed by atoms with Crippen LogP contribution in [0.15, 0.2) is 54.3 Å². The molecule has 2 fully saturated rings. The van der Waals surface area contributed by atoms with E-state index in [4.69, 9.17) is 9.47 Å². The third kappa shape index (κ3) is 2.82. The van der Waals surface area contributed by atoms with Crippen LogP contribution in [-0.4, -0.2) is 35.3 Å². The monoisotopic (exact) mass is 327 g/mol. The molecule has 0 aliphatic carbocycles. The maximum atomic E-state index is 12.5. The van der Waals surface area contributed by atoms with E-state index in [1.165, 1.54) is 4.90 Å². The summed E-state index contributed by atoms with van der Waals surface area (Å²) in [6, 6.07) is 8.22. The summed E-state index contributed by atoms with van der Waals surface area (Å²) in [5, 5.41) is 0. The molecule has 1 aromatic carbocycles. The van der Waals surface area contributed by atoms with Gasteiger partial charge in [-0.05, 0) is 12.0 Å². The zero-order valence-electron chi connectivity index (χ0n) is 13.0. The molecule has 2 saturated heterocycles. The number of fused-ring (bicyclic) bond motifs is 1. The fourth-order valence-electron chi connectivity index (χ4n) is 2.79. The van der Waals surface area contributed by atoms with E-state index in [2.05, 4.69) is 6.58 Å². The Morgan fingerprint density at radius 3 is 2.75 bits per heavy atom. The second-order valence-electron chi connectivity index (χ2n) is 5.57. The number of β-lactam (4-membered cyclic amide) rings is 1. The van der Waals surface area contributed by atoms with Crippen LogP contribution >= 0.6 is 0 Å². The van der Waals surface area contributed by atoms with Crippen LogP contribution in [0.2, 0.25) is 0 Å². The Bertz CT molecular complexity index is 709. The molecule has 2 heterocycles. The lowest BCUT2D eigenvalue weighted by molar-refractivity contribution is -0.166. The van der Waals surface area contributed by atoms with E-state index in [9.17, 15) is 14.4 Å². The fraction of sp³-hybridized carbons (Fsp3) is 0.278. The number of nitrogens with zero attached hydrogens (tertiary/aromatic N) is 1. The van der Waals surface area contributed by atoms with Gasteiger partial charge in [0.25, 0.3) is 0 Å². The molecule has 0 spiro atoms. The van der Waals surface area contributed by atoms with Gasteiger partial charge in [-0.25, -0.2) is 4.79 Å². The van der Waals surface area contributed by atoms with Gasteiger partial charge >= 0.3 is 5.97 Å². The van der Waals surface area contributed by atoms with Crippen molar-refractivity contribution in [3.05, 3.63) is 59.9 Å². The summed E-state index contributed by atoms with van der Waals surface area (Å²) in [5.74, 6) is -0.604. The first-order valence-electron chi connectivity index (χ1n) is 7.63. The zero-order chi connectivity index (χ0) is 17.1. The number of aldehydes is 1. The van der Waals surface area contributed by atoms with Crippen molar-refractivity contribution < 1.29 is 23.9 Å².